The van der Waals surface area contributed by atoms with Crippen LogP contribution in [-0.2, 0) is 32.1 Å². The first-order valence-electron chi connectivity index (χ1n) is 9.80. The zero-order valence-corrected chi connectivity index (χ0v) is 18.0. The maximum absolute atomic E-state index is 12.1. The van der Waals surface area contributed by atoms with E-state index in [9.17, 15) is 19.5 Å². The van der Waals surface area contributed by atoms with Gasteiger partial charge in [-0.2, -0.15) is 0 Å². The SMILES string of the molecule is CCOC(=O)Cn1c(O)c(N=NC(=O)CNC(=O)Cc2ccc(Cl)cc2)c2ccccc21. The molecule has 0 aliphatic heterocycles. The van der Waals surface area contributed by atoms with Crippen LogP contribution in [-0.4, -0.2) is 40.6 Å². The van der Waals surface area contributed by atoms with Crippen molar-refractivity contribution in [2.45, 2.75) is 19.9 Å². The number of benzene rings is 2. The molecule has 166 valence electrons. The Hall–Kier alpha value is -3.72. The van der Waals surface area contributed by atoms with Gasteiger partial charge < -0.3 is 15.2 Å². The predicted octanol–water partition coefficient (Wildman–Crippen LogP) is 3.53. The number of carbonyl (C=O) groups is 3. The second kappa shape index (κ2) is 10.5. The normalized spacial score (nSPS) is 11.1. The van der Waals surface area contributed by atoms with E-state index in [1.165, 1.54) is 4.57 Å². The summed E-state index contributed by atoms with van der Waals surface area (Å²) in [7, 11) is 0. The van der Waals surface area contributed by atoms with E-state index in [1.54, 1.807) is 55.5 Å². The van der Waals surface area contributed by atoms with Gasteiger partial charge >= 0.3 is 5.97 Å². The Morgan fingerprint density at radius 1 is 1.12 bits per heavy atom. The van der Waals surface area contributed by atoms with Crippen LogP contribution in [0.2, 0.25) is 5.02 Å². The first kappa shape index (κ1) is 23.0. The van der Waals surface area contributed by atoms with Gasteiger partial charge in [-0.25, -0.2) is 0 Å². The van der Waals surface area contributed by atoms with E-state index in [0.29, 0.717) is 15.9 Å². The molecule has 2 N–H and O–H groups in total. The maximum Gasteiger partial charge on any atom is 0.326 e. The fraction of sp³-hybridized carbons (Fsp3) is 0.227. The van der Waals surface area contributed by atoms with Gasteiger partial charge in [-0.15, -0.1) is 10.2 Å². The monoisotopic (exact) mass is 456 g/mol. The summed E-state index contributed by atoms with van der Waals surface area (Å²) in [5.74, 6) is -1.89. The molecule has 0 aliphatic rings. The van der Waals surface area contributed by atoms with Gasteiger partial charge in [0.05, 0.1) is 18.5 Å². The third kappa shape index (κ3) is 5.70. The van der Waals surface area contributed by atoms with Crippen LogP contribution < -0.4 is 5.32 Å². The van der Waals surface area contributed by atoms with Crippen molar-refractivity contribution in [2.75, 3.05) is 13.2 Å². The zero-order chi connectivity index (χ0) is 23.1. The highest BCUT2D eigenvalue weighted by Crippen LogP contribution is 2.38. The molecule has 3 rings (SSSR count). The average Bonchev–Trinajstić information content (AvgIpc) is 3.03. The standard InChI is InChI=1S/C22H21ClN4O5/c1-2-32-20(30)13-27-17-6-4-3-5-16(17)21(22(27)31)26-25-19(29)12-24-18(28)11-14-7-9-15(23)10-8-14/h3-10,31H,2,11-13H2,1H3,(H,24,28). The number of para-hydroxylation sites is 1. The molecule has 0 aliphatic carbocycles. The minimum atomic E-state index is -0.698. The van der Waals surface area contributed by atoms with Crippen LogP contribution in [0.15, 0.2) is 58.8 Å². The third-order valence-electron chi connectivity index (χ3n) is 4.49. The molecule has 1 aromatic heterocycles. The average molecular weight is 457 g/mol. The molecular weight excluding hydrogens is 436 g/mol. The van der Waals surface area contributed by atoms with Crippen molar-refractivity contribution in [2.24, 2.45) is 10.2 Å². The number of nitrogens with zero attached hydrogens (tertiary/aromatic N) is 3. The zero-order valence-electron chi connectivity index (χ0n) is 17.2. The molecular formula is C22H21ClN4O5. The number of ether oxygens (including phenoxy) is 1. The molecule has 1 heterocycles. The van der Waals surface area contributed by atoms with Gasteiger partial charge in [0, 0.05) is 10.4 Å². The summed E-state index contributed by atoms with van der Waals surface area (Å²) >= 11 is 5.81. The maximum atomic E-state index is 12.1. The minimum absolute atomic E-state index is 0.0470. The van der Waals surface area contributed by atoms with E-state index < -0.39 is 11.9 Å². The molecule has 0 fully saturated rings. The van der Waals surface area contributed by atoms with Crippen molar-refractivity contribution in [3.63, 3.8) is 0 Å². The molecule has 2 aromatic carbocycles. The van der Waals surface area contributed by atoms with Gasteiger partial charge in [0.2, 0.25) is 11.8 Å². The number of nitrogens with one attached hydrogen (secondary N) is 1. The number of halogens is 1. The van der Waals surface area contributed by atoms with Crippen LogP contribution in [0.25, 0.3) is 10.9 Å². The van der Waals surface area contributed by atoms with E-state index in [0.717, 1.165) is 5.56 Å². The molecule has 0 unspecified atom stereocenters. The number of hydrogen-bond donors (Lipinski definition) is 2. The lowest BCUT2D eigenvalue weighted by Crippen LogP contribution is -2.29. The molecule has 0 radical (unpaired) electrons. The smallest absolute Gasteiger partial charge is 0.326 e. The van der Waals surface area contributed by atoms with E-state index in [1.807, 2.05) is 0 Å². The van der Waals surface area contributed by atoms with Gasteiger partial charge in [0.1, 0.15) is 13.1 Å². The van der Waals surface area contributed by atoms with E-state index >= 15 is 0 Å². The second-order valence-corrected chi connectivity index (χ2v) is 7.19. The fourth-order valence-electron chi connectivity index (χ4n) is 3.03. The molecule has 0 bridgehead atoms. The van der Waals surface area contributed by atoms with Crippen LogP contribution in [0.5, 0.6) is 5.88 Å². The number of hydrogen-bond acceptors (Lipinski definition) is 6. The van der Waals surface area contributed by atoms with Gasteiger partial charge in [0.15, 0.2) is 5.69 Å². The van der Waals surface area contributed by atoms with Crippen LogP contribution in [0.1, 0.15) is 12.5 Å². The van der Waals surface area contributed by atoms with Crippen molar-refractivity contribution in [1.82, 2.24) is 9.88 Å². The van der Waals surface area contributed by atoms with Gasteiger partial charge in [-0.05, 0) is 30.7 Å². The minimum Gasteiger partial charge on any atom is -0.493 e. The Balaban J connectivity index is 1.67. The van der Waals surface area contributed by atoms with Crippen molar-refractivity contribution >= 4 is 46.0 Å². The lowest BCUT2D eigenvalue weighted by atomic mass is 10.1. The largest absolute Gasteiger partial charge is 0.493 e. The predicted molar refractivity (Wildman–Crippen MR) is 118 cm³/mol. The number of carbonyl (C=O) groups excluding carboxylic acids is 3. The lowest BCUT2D eigenvalue weighted by Gasteiger charge is -2.06. The summed E-state index contributed by atoms with van der Waals surface area (Å²) in [6.45, 7) is 1.33. The van der Waals surface area contributed by atoms with Gasteiger partial charge in [-0.3, -0.25) is 19.0 Å². The first-order chi connectivity index (χ1) is 15.4. The van der Waals surface area contributed by atoms with Crippen molar-refractivity contribution in [3.8, 4) is 5.88 Å². The topological polar surface area (TPSA) is 122 Å². The second-order valence-electron chi connectivity index (χ2n) is 6.75. The Morgan fingerprint density at radius 3 is 2.56 bits per heavy atom. The summed E-state index contributed by atoms with van der Waals surface area (Å²) in [5.41, 5.74) is 1.33. The molecule has 0 atom stereocenters. The van der Waals surface area contributed by atoms with Crippen molar-refractivity contribution in [3.05, 3.63) is 59.1 Å². The Labute approximate surface area is 188 Å². The quantitative estimate of drug-likeness (QED) is 0.396. The summed E-state index contributed by atoms with van der Waals surface area (Å²) < 4.78 is 6.27. The molecule has 2 amide bonds. The number of amides is 2. The Kier molecular flexibility index (Phi) is 7.56. The highest BCUT2D eigenvalue weighted by molar-refractivity contribution is 6.30. The lowest BCUT2D eigenvalue weighted by molar-refractivity contribution is -0.143. The Morgan fingerprint density at radius 2 is 1.84 bits per heavy atom. The first-order valence-corrected chi connectivity index (χ1v) is 10.2. The van der Waals surface area contributed by atoms with Crippen LogP contribution in [0.4, 0.5) is 5.69 Å². The van der Waals surface area contributed by atoms with E-state index in [2.05, 4.69) is 15.5 Å². The third-order valence-corrected chi connectivity index (χ3v) is 4.74. The number of aromatic nitrogens is 1. The summed E-state index contributed by atoms with van der Waals surface area (Å²) in [6.07, 6.45) is 0.0870. The molecule has 9 nitrogen and oxygen atoms in total. The molecule has 3 aromatic rings. The van der Waals surface area contributed by atoms with Gasteiger partial charge in [-0.1, -0.05) is 41.9 Å². The number of rotatable bonds is 8. The van der Waals surface area contributed by atoms with Crippen LogP contribution >= 0.6 is 11.6 Å². The number of aromatic hydroxyl groups is 1. The van der Waals surface area contributed by atoms with E-state index in [-0.39, 0.29) is 43.6 Å². The fourth-order valence-corrected chi connectivity index (χ4v) is 3.16. The molecule has 0 spiro atoms. The summed E-state index contributed by atoms with van der Waals surface area (Å²) in [6, 6.07) is 13.6. The molecule has 10 heteroatoms. The molecule has 32 heavy (non-hydrogen) atoms. The number of esters is 1. The van der Waals surface area contributed by atoms with Crippen LogP contribution in [0, 0.1) is 0 Å². The highest BCUT2D eigenvalue weighted by atomic mass is 35.5. The molecule has 0 saturated carbocycles. The summed E-state index contributed by atoms with van der Waals surface area (Å²) in [4.78, 5) is 36.0. The Bertz CT molecular complexity index is 1170. The van der Waals surface area contributed by atoms with Crippen LogP contribution in [0.3, 0.4) is 0 Å². The van der Waals surface area contributed by atoms with Crippen molar-refractivity contribution < 1.29 is 24.2 Å². The molecule has 0 saturated heterocycles. The number of azo groups is 1. The van der Waals surface area contributed by atoms with Gasteiger partial charge in [0.25, 0.3) is 5.91 Å². The van der Waals surface area contributed by atoms with E-state index in [4.69, 9.17) is 16.3 Å². The number of fused-ring (bicyclic) bond motifs is 1. The highest BCUT2D eigenvalue weighted by Gasteiger charge is 2.19. The summed E-state index contributed by atoms with van der Waals surface area (Å²) in [5, 5.41) is 21.6. The van der Waals surface area contributed by atoms with Crippen molar-refractivity contribution in [1.29, 1.82) is 0 Å².